The minimum Gasteiger partial charge on any atom is -0.397 e. The van der Waals surface area contributed by atoms with Gasteiger partial charge >= 0.3 is 0 Å². The first-order chi connectivity index (χ1) is 6.60. The molecule has 0 bridgehead atoms. The number of alkyl halides is 3. The molecule has 0 unspecified atom stereocenters. The van der Waals surface area contributed by atoms with Crippen LogP contribution in [0.25, 0.3) is 0 Å². The summed E-state index contributed by atoms with van der Waals surface area (Å²) in [5.74, 6) is -0.115. The van der Waals surface area contributed by atoms with E-state index in [1.807, 2.05) is 0 Å². The first kappa shape index (κ1) is 10.8. The molecule has 1 aromatic rings. The Labute approximate surface area is 83.9 Å². The molecule has 0 aliphatic heterocycles. The van der Waals surface area contributed by atoms with Crippen molar-refractivity contribution in [2.24, 2.45) is 0 Å². The first-order valence-corrected chi connectivity index (χ1v) is 4.22. The van der Waals surface area contributed by atoms with Gasteiger partial charge in [0.15, 0.2) is 6.29 Å². The summed E-state index contributed by atoms with van der Waals surface area (Å²) >= 11 is 5.43. The molecule has 0 saturated heterocycles. The van der Waals surface area contributed by atoms with Gasteiger partial charge in [-0.2, -0.15) is 0 Å². The summed E-state index contributed by atoms with van der Waals surface area (Å²) in [5, 5.41) is 0. The van der Waals surface area contributed by atoms with Gasteiger partial charge in [0, 0.05) is 5.88 Å². The van der Waals surface area contributed by atoms with Gasteiger partial charge in [-0.15, -0.1) is 11.6 Å². The second kappa shape index (κ2) is 4.32. The maximum Gasteiger partial charge on any atom is 0.280 e. The Morgan fingerprint density at radius 2 is 2.29 bits per heavy atom. The zero-order chi connectivity index (χ0) is 10.7. The number of hydrogen-bond donors (Lipinski definition) is 1. The monoisotopic (exact) mass is 220 g/mol. The highest BCUT2D eigenvalue weighted by atomic mass is 35.5. The van der Waals surface area contributed by atoms with Crippen molar-refractivity contribution in [1.29, 1.82) is 0 Å². The number of pyridine rings is 1. The molecule has 0 spiro atoms. The summed E-state index contributed by atoms with van der Waals surface area (Å²) in [6.45, 7) is 0. The van der Waals surface area contributed by atoms with Crippen LogP contribution < -0.4 is 5.73 Å². The number of anilines is 1. The third-order valence-corrected chi connectivity index (χ3v) is 1.95. The summed E-state index contributed by atoms with van der Waals surface area (Å²) in [6.07, 6.45) is -2.43. The molecule has 0 amide bonds. The average molecular weight is 221 g/mol. The molecule has 0 atom stereocenters. The number of aldehydes is 1. The van der Waals surface area contributed by atoms with Crippen LogP contribution in [0.1, 0.15) is 28.2 Å². The van der Waals surface area contributed by atoms with Crippen molar-refractivity contribution in [2.75, 3.05) is 5.73 Å². The van der Waals surface area contributed by atoms with Crippen LogP contribution in [-0.4, -0.2) is 11.3 Å². The van der Waals surface area contributed by atoms with E-state index < -0.39 is 12.1 Å². The molecule has 2 N–H and O–H groups in total. The van der Waals surface area contributed by atoms with Crippen LogP contribution in [0, 0.1) is 0 Å². The number of rotatable bonds is 3. The summed E-state index contributed by atoms with van der Waals surface area (Å²) in [6, 6.07) is 1.24. The van der Waals surface area contributed by atoms with Crippen LogP contribution in [-0.2, 0) is 5.88 Å². The molecule has 0 fully saturated rings. The molecule has 3 nitrogen and oxygen atoms in total. The normalized spacial score (nSPS) is 10.6. The van der Waals surface area contributed by atoms with E-state index in [4.69, 9.17) is 17.3 Å². The van der Waals surface area contributed by atoms with Crippen molar-refractivity contribution in [3.8, 4) is 0 Å². The number of halogens is 3. The number of carbonyl (C=O) groups excluding carboxylic acids is 1. The van der Waals surface area contributed by atoms with Gasteiger partial charge in [-0.1, -0.05) is 0 Å². The van der Waals surface area contributed by atoms with Crippen LogP contribution >= 0.6 is 11.6 Å². The van der Waals surface area contributed by atoms with Crippen LogP contribution in [0.4, 0.5) is 14.5 Å². The Balaban J connectivity index is 3.32. The number of nitrogens with two attached hydrogens (primary N) is 1. The van der Waals surface area contributed by atoms with Crippen molar-refractivity contribution in [3.63, 3.8) is 0 Å². The lowest BCUT2D eigenvalue weighted by Gasteiger charge is -2.07. The third-order valence-electron chi connectivity index (χ3n) is 1.66. The molecule has 0 saturated carbocycles. The molecule has 1 rings (SSSR count). The summed E-state index contributed by atoms with van der Waals surface area (Å²) in [4.78, 5) is 13.8. The van der Waals surface area contributed by atoms with Gasteiger partial charge in [0.1, 0.15) is 11.4 Å². The fourth-order valence-corrected chi connectivity index (χ4v) is 1.21. The minimum absolute atomic E-state index is 0.0556. The number of hydrogen-bond acceptors (Lipinski definition) is 3. The second-order valence-electron chi connectivity index (χ2n) is 2.56. The lowest BCUT2D eigenvalue weighted by Crippen LogP contribution is -2.04. The predicted octanol–water partition coefficient (Wildman–Crippen LogP) is 2.15. The van der Waals surface area contributed by atoms with Gasteiger partial charge in [-0.3, -0.25) is 4.79 Å². The van der Waals surface area contributed by atoms with Gasteiger partial charge in [0.2, 0.25) is 0 Å². The molecule has 6 heteroatoms. The first-order valence-electron chi connectivity index (χ1n) is 3.68. The average Bonchev–Trinajstić information content (AvgIpc) is 2.16. The highest BCUT2D eigenvalue weighted by Gasteiger charge is 2.16. The number of carbonyl (C=O) groups is 1. The Bertz CT molecular complexity index is 357. The molecule has 0 radical (unpaired) electrons. The fraction of sp³-hybridized carbons (Fsp3) is 0.250. The van der Waals surface area contributed by atoms with E-state index in [1.165, 1.54) is 6.07 Å². The molecular weight excluding hydrogens is 214 g/mol. The predicted molar refractivity (Wildman–Crippen MR) is 48.6 cm³/mol. The fourth-order valence-electron chi connectivity index (χ4n) is 0.992. The Kier molecular flexibility index (Phi) is 3.35. The SMILES string of the molecule is Nc1cc(CCl)c(C(F)F)nc1C=O. The standard InChI is InChI=1S/C8H7ClF2N2O/c9-2-4-1-5(12)6(3-14)13-7(4)8(10)11/h1,3,8H,2,12H2. The molecule has 1 heterocycles. The van der Waals surface area contributed by atoms with Crippen LogP contribution in [0.2, 0.25) is 0 Å². The zero-order valence-corrected chi connectivity index (χ0v) is 7.76. The molecule has 76 valence electrons. The van der Waals surface area contributed by atoms with E-state index in [9.17, 15) is 13.6 Å². The Morgan fingerprint density at radius 3 is 2.71 bits per heavy atom. The molecule has 0 aromatic carbocycles. The largest absolute Gasteiger partial charge is 0.397 e. The van der Waals surface area contributed by atoms with Crippen molar-refractivity contribution in [2.45, 2.75) is 12.3 Å². The molecule has 0 aliphatic rings. The number of aromatic nitrogens is 1. The second-order valence-corrected chi connectivity index (χ2v) is 2.83. The summed E-state index contributed by atoms with van der Waals surface area (Å²) in [5.41, 5.74) is 4.90. The zero-order valence-electron chi connectivity index (χ0n) is 7.01. The highest BCUT2D eigenvalue weighted by molar-refractivity contribution is 6.17. The minimum atomic E-state index is -2.76. The van der Waals surface area contributed by atoms with E-state index in [1.54, 1.807) is 0 Å². The Morgan fingerprint density at radius 1 is 1.64 bits per heavy atom. The van der Waals surface area contributed by atoms with E-state index in [0.717, 1.165) is 0 Å². The van der Waals surface area contributed by atoms with Gasteiger partial charge < -0.3 is 5.73 Å². The topological polar surface area (TPSA) is 56.0 Å². The maximum absolute atomic E-state index is 12.4. The molecule has 14 heavy (non-hydrogen) atoms. The van der Waals surface area contributed by atoms with Gasteiger partial charge in [-0.05, 0) is 11.6 Å². The van der Waals surface area contributed by atoms with Crippen molar-refractivity contribution < 1.29 is 13.6 Å². The quantitative estimate of drug-likeness (QED) is 0.627. The van der Waals surface area contributed by atoms with Gasteiger partial charge in [0.25, 0.3) is 6.43 Å². The van der Waals surface area contributed by atoms with Gasteiger partial charge in [0.05, 0.1) is 5.69 Å². The third kappa shape index (κ3) is 1.98. The molecule has 1 aromatic heterocycles. The van der Waals surface area contributed by atoms with E-state index in [2.05, 4.69) is 4.98 Å². The van der Waals surface area contributed by atoms with Crippen LogP contribution in [0.5, 0.6) is 0 Å². The highest BCUT2D eigenvalue weighted by Crippen LogP contribution is 2.25. The molecule has 0 aliphatic carbocycles. The Hall–Kier alpha value is -1.23. The summed E-state index contributed by atoms with van der Waals surface area (Å²) < 4.78 is 24.8. The van der Waals surface area contributed by atoms with Crippen molar-refractivity contribution >= 4 is 23.6 Å². The van der Waals surface area contributed by atoms with Crippen molar-refractivity contribution in [1.82, 2.24) is 4.98 Å². The van der Waals surface area contributed by atoms with Gasteiger partial charge in [-0.25, -0.2) is 13.8 Å². The van der Waals surface area contributed by atoms with Crippen LogP contribution in [0.15, 0.2) is 6.07 Å². The van der Waals surface area contributed by atoms with Crippen LogP contribution in [0.3, 0.4) is 0 Å². The summed E-state index contributed by atoms with van der Waals surface area (Å²) in [7, 11) is 0. The number of nitrogens with zero attached hydrogens (tertiary/aromatic N) is 1. The number of nitrogen functional groups attached to an aromatic ring is 1. The maximum atomic E-state index is 12.4. The molecular formula is C8H7ClF2N2O. The van der Waals surface area contributed by atoms with E-state index >= 15 is 0 Å². The smallest absolute Gasteiger partial charge is 0.280 e. The van der Waals surface area contributed by atoms with E-state index in [0.29, 0.717) is 6.29 Å². The lowest BCUT2D eigenvalue weighted by molar-refractivity contribution is 0.111. The van der Waals surface area contributed by atoms with Crippen molar-refractivity contribution in [3.05, 3.63) is 23.0 Å². The van der Waals surface area contributed by atoms with E-state index in [-0.39, 0.29) is 22.8 Å². The lowest BCUT2D eigenvalue weighted by atomic mass is 10.1.